The highest BCUT2D eigenvalue weighted by molar-refractivity contribution is 7.89. The van der Waals surface area contributed by atoms with E-state index in [2.05, 4.69) is 6.58 Å². The number of aldehydes is 1. The zero-order valence-corrected chi connectivity index (χ0v) is 18.5. The summed E-state index contributed by atoms with van der Waals surface area (Å²) in [7, 11) is -3.98. The largest absolute Gasteiger partial charge is 0.360 e. The van der Waals surface area contributed by atoms with E-state index in [1.807, 2.05) is 30.3 Å². The van der Waals surface area contributed by atoms with E-state index in [0.29, 0.717) is 6.29 Å². The fourth-order valence-electron chi connectivity index (χ4n) is 3.31. The van der Waals surface area contributed by atoms with Crippen molar-refractivity contribution in [2.75, 3.05) is 13.3 Å². The van der Waals surface area contributed by atoms with Gasteiger partial charge in [0.1, 0.15) is 19.1 Å². The molecule has 1 aliphatic heterocycles. The normalized spacial score (nSPS) is 21.0. The second-order valence-electron chi connectivity index (χ2n) is 7.68. The molecule has 2 aromatic carbocycles. The molecule has 1 heterocycles. The molecule has 1 saturated heterocycles. The van der Waals surface area contributed by atoms with Crippen molar-refractivity contribution in [1.82, 2.24) is 4.31 Å². The lowest BCUT2D eigenvalue weighted by molar-refractivity contribution is -0.282. The first-order valence-electron chi connectivity index (χ1n) is 9.89. The van der Waals surface area contributed by atoms with Gasteiger partial charge in [0.25, 0.3) is 0 Å². The van der Waals surface area contributed by atoms with Crippen LogP contribution in [-0.4, -0.2) is 50.3 Å². The summed E-state index contributed by atoms with van der Waals surface area (Å²) in [5, 5.41) is 0. The van der Waals surface area contributed by atoms with Crippen LogP contribution in [0, 0.1) is 0 Å². The average molecular weight is 446 g/mol. The van der Waals surface area contributed by atoms with Crippen molar-refractivity contribution in [3.63, 3.8) is 0 Å². The van der Waals surface area contributed by atoms with Gasteiger partial charge in [-0.25, -0.2) is 8.42 Å². The first kappa shape index (κ1) is 23.3. The van der Waals surface area contributed by atoms with Gasteiger partial charge in [0.15, 0.2) is 5.79 Å². The number of carbonyl (C=O) groups is 1. The Morgan fingerprint density at radius 1 is 1.16 bits per heavy atom. The van der Waals surface area contributed by atoms with E-state index in [1.165, 1.54) is 16.4 Å². The maximum atomic E-state index is 13.5. The van der Waals surface area contributed by atoms with Gasteiger partial charge in [-0.05, 0) is 31.5 Å². The van der Waals surface area contributed by atoms with Gasteiger partial charge in [-0.1, -0.05) is 55.1 Å². The van der Waals surface area contributed by atoms with E-state index in [9.17, 15) is 13.2 Å². The molecule has 0 saturated carbocycles. The zero-order valence-electron chi connectivity index (χ0n) is 17.6. The van der Waals surface area contributed by atoms with Gasteiger partial charge in [0.05, 0.1) is 24.2 Å². The number of hydrogen-bond donors (Lipinski definition) is 0. The van der Waals surface area contributed by atoms with Gasteiger partial charge in [0.2, 0.25) is 10.0 Å². The van der Waals surface area contributed by atoms with Gasteiger partial charge >= 0.3 is 0 Å². The molecule has 0 aromatic heterocycles. The molecule has 8 heteroatoms. The zero-order chi connectivity index (χ0) is 22.5. The van der Waals surface area contributed by atoms with E-state index in [-0.39, 0.29) is 30.4 Å². The molecule has 31 heavy (non-hydrogen) atoms. The number of ether oxygens (including phenoxy) is 3. The molecule has 1 fully saturated rings. The molecule has 3 rings (SSSR count). The standard InChI is InChI=1S/C23H27NO6S/c1-18(14-25)22-21(16-29-23(2,3)30-22)24(17-28-15-19-10-6-4-7-11-19)31(26,27)20-12-8-5-9-13-20/h4-14,21-22H,1,15-17H2,2-3H3/t21-,22-/m0/s1. The molecule has 7 nitrogen and oxygen atoms in total. The highest BCUT2D eigenvalue weighted by atomic mass is 32.2. The van der Waals surface area contributed by atoms with Crippen LogP contribution in [-0.2, 0) is 35.6 Å². The van der Waals surface area contributed by atoms with Crippen LogP contribution in [0.4, 0.5) is 0 Å². The van der Waals surface area contributed by atoms with Gasteiger partial charge in [-0.3, -0.25) is 4.79 Å². The SMILES string of the molecule is C=C(C=O)[C@@H]1OC(C)(C)OC[C@@H]1N(COCc1ccccc1)S(=O)(=O)c1ccccc1. The maximum Gasteiger partial charge on any atom is 0.245 e. The number of carbonyl (C=O) groups excluding carboxylic acids is 1. The van der Waals surface area contributed by atoms with Crippen LogP contribution in [0.15, 0.2) is 77.7 Å². The summed E-state index contributed by atoms with van der Waals surface area (Å²) in [6, 6.07) is 16.7. The fraction of sp³-hybridized carbons (Fsp3) is 0.348. The van der Waals surface area contributed by atoms with E-state index >= 15 is 0 Å². The van der Waals surface area contributed by atoms with Crippen molar-refractivity contribution in [3.05, 3.63) is 78.4 Å². The Balaban J connectivity index is 1.92. The van der Waals surface area contributed by atoms with Gasteiger partial charge in [-0.15, -0.1) is 0 Å². The molecule has 0 unspecified atom stereocenters. The highest BCUT2D eigenvalue weighted by Gasteiger charge is 2.45. The molecule has 2 atom stereocenters. The average Bonchev–Trinajstić information content (AvgIpc) is 2.77. The Morgan fingerprint density at radius 2 is 1.77 bits per heavy atom. The Hall–Kier alpha value is -2.36. The minimum absolute atomic E-state index is 0.0191. The summed E-state index contributed by atoms with van der Waals surface area (Å²) >= 11 is 0. The van der Waals surface area contributed by atoms with Gasteiger partial charge in [-0.2, -0.15) is 4.31 Å². The summed E-state index contributed by atoms with van der Waals surface area (Å²) in [4.78, 5) is 11.6. The van der Waals surface area contributed by atoms with Crippen molar-refractivity contribution < 1.29 is 27.4 Å². The molecular formula is C23H27NO6S. The van der Waals surface area contributed by atoms with Crippen LogP contribution in [0.3, 0.4) is 0 Å². The van der Waals surface area contributed by atoms with Gasteiger partial charge in [0, 0.05) is 5.57 Å². The summed E-state index contributed by atoms with van der Waals surface area (Å²) in [6.07, 6.45) is -0.294. The maximum absolute atomic E-state index is 13.5. The van der Waals surface area contributed by atoms with Crippen molar-refractivity contribution in [3.8, 4) is 0 Å². The molecule has 1 aliphatic rings. The lowest BCUT2D eigenvalue weighted by atomic mass is 10.0. The molecule has 166 valence electrons. The van der Waals surface area contributed by atoms with Crippen LogP contribution < -0.4 is 0 Å². The van der Waals surface area contributed by atoms with Gasteiger partial charge < -0.3 is 14.2 Å². The Kier molecular flexibility index (Phi) is 7.40. The van der Waals surface area contributed by atoms with Crippen LogP contribution in [0.2, 0.25) is 0 Å². The highest BCUT2D eigenvalue weighted by Crippen LogP contribution is 2.31. The van der Waals surface area contributed by atoms with Crippen molar-refractivity contribution in [2.45, 2.75) is 43.3 Å². The number of nitrogens with zero attached hydrogens (tertiary/aromatic N) is 1. The second kappa shape index (κ2) is 9.84. The monoisotopic (exact) mass is 445 g/mol. The molecule has 2 aromatic rings. The fourth-order valence-corrected chi connectivity index (χ4v) is 4.83. The summed E-state index contributed by atoms with van der Waals surface area (Å²) in [5.74, 6) is -0.986. The third-order valence-corrected chi connectivity index (χ3v) is 6.79. The molecule has 0 aliphatic carbocycles. The van der Waals surface area contributed by atoms with Crippen LogP contribution in [0.1, 0.15) is 19.4 Å². The van der Waals surface area contributed by atoms with Crippen LogP contribution in [0.25, 0.3) is 0 Å². The van der Waals surface area contributed by atoms with Crippen molar-refractivity contribution >= 4 is 16.3 Å². The van der Waals surface area contributed by atoms with Crippen molar-refractivity contribution in [2.24, 2.45) is 0 Å². The third-order valence-electron chi connectivity index (χ3n) is 4.93. The summed E-state index contributed by atoms with van der Waals surface area (Å²) in [5.41, 5.74) is 1.04. The quantitative estimate of drug-likeness (QED) is 0.335. The topological polar surface area (TPSA) is 82.1 Å². The van der Waals surface area contributed by atoms with Crippen LogP contribution >= 0.6 is 0 Å². The summed E-state index contributed by atoms with van der Waals surface area (Å²) < 4.78 is 45.6. The third kappa shape index (κ3) is 5.66. The molecule has 0 spiro atoms. The molecule has 0 bridgehead atoms. The van der Waals surface area contributed by atoms with E-state index in [0.717, 1.165) is 5.56 Å². The van der Waals surface area contributed by atoms with Crippen LogP contribution in [0.5, 0.6) is 0 Å². The van der Waals surface area contributed by atoms with E-state index < -0.39 is 28.0 Å². The lowest BCUT2D eigenvalue weighted by Crippen LogP contribution is -2.58. The number of benzene rings is 2. The number of hydrogen-bond acceptors (Lipinski definition) is 6. The molecular weight excluding hydrogens is 418 g/mol. The minimum atomic E-state index is -3.98. The first-order valence-corrected chi connectivity index (χ1v) is 11.3. The molecule has 0 radical (unpaired) electrons. The Morgan fingerprint density at radius 3 is 2.39 bits per heavy atom. The number of sulfonamides is 1. The van der Waals surface area contributed by atoms with E-state index in [4.69, 9.17) is 14.2 Å². The minimum Gasteiger partial charge on any atom is -0.360 e. The predicted octanol–water partition coefficient (Wildman–Crippen LogP) is 3.13. The Bertz CT molecular complexity index is 991. The van der Waals surface area contributed by atoms with Crippen molar-refractivity contribution in [1.29, 1.82) is 0 Å². The summed E-state index contributed by atoms with van der Waals surface area (Å²) in [6.45, 7) is 7.17. The lowest BCUT2D eigenvalue weighted by Gasteiger charge is -2.44. The van der Waals surface area contributed by atoms with E-state index in [1.54, 1.807) is 32.0 Å². The molecule has 0 N–H and O–H groups in total. The first-order chi connectivity index (χ1) is 14.7. The Labute approximate surface area is 183 Å². The smallest absolute Gasteiger partial charge is 0.245 e. The molecule has 0 amide bonds. The second-order valence-corrected chi connectivity index (χ2v) is 9.57. The predicted molar refractivity (Wildman–Crippen MR) is 115 cm³/mol. The number of rotatable bonds is 9.